The summed E-state index contributed by atoms with van der Waals surface area (Å²) in [4.78, 5) is 21.2. The fraction of sp³-hybridized carbons (Fsp3) is 0.182. The molecule has 18 heavy (non-hydrogen) atoms. The first-order valence-corrected chi connectivity index (χ1v) is 5.26. The zero-order valence-electron chi connectivity index (χ0n) is 9.37. The number of nitro groups is 1. The van der Waals surface area contributed by atoms with Gasteiger partial charge in [-0.15, -0.1) is 0 Å². The number of methoxy groups -OCH3 is 1. The number of halogens is 1. The summed E-state index contributed by atoms with van der Waals surface area (Å²) >= 11 is 5.44. The van der Waals surface area contributed by atoms with Gasteiger partial charge in [-0.25, -0.2) is 4.79 Å². The van der Waals surface area contributed by atoms with Crippen molar-refractivity contribution in [3.05, 3.63) is 51.1 Å². The number of aliphatic hydroxyl groups is 1. The minimum Gasteiger partial charge on any atom is -0.466 e. The molecule has 1 rings (SSSR count). The topological polar surface area (TPSA) is 89.7 Å². The van der Waals surface area contributed by atoms with Gasteiger partial charge in [-0.2, -0.15) is 0 Å². The third-order valence-corrected chi connectivity index (χ3v) is 2.49. The van der Waals surface area contributed by atoms with Crippen LogP contribution in [0, 0.1) is 10.1 Å². The van der Waals surface area contributed by atoms with Crippen molar-refractivity contribution in [2.75, 3.05) is 7.11 Å². The molecule has 0 bridgehead atoms. The van der Waals surface area contributed by atoms with Crippen molar-refractivity contribution in [1.82, 2.24) is 0 Å². The monoisotopic (exact) mass is 271 g/mol. The van der Waals surface area contributed by atoms with Gasteiger partial charge in [-0.05, 0) is 17.7 Å². The van der Waals surface area contributed by atoms with Crippen molar-refractivity contribution in [3.63, 3.8) is 0 Å². The highest BCUT2D eigenvalue weighted by atomic mass is 35.5. The van der Waals surface area contributed by atoms with Crippen LogP contribution >= 0.6 is 11.6 Å². The molecule has 0 aromatic heterocycles. The molecule has 1 N–H and O–H groups in total. The van der Waals surface area contributed by atoms with Crippen LogP contribution in [0.3, 0.4) is 0 Å². The molecule has 0 heterocycles. The van der Waals surface area contributed by atoms with Crippen LogP contribution in [0.5, 0.6) is 0 Å². The number of nitrogens with zero attached hydrogens (tertiary/aromatic N) is 1. The molecule has 0 fully saturated rings. The van der Waals surface area contributed by atoms with Crippen molar-refractivity contribution in [3.8, 4) is 0 Å². The number of nitro benzene ring substituents is 1. The molecular weight excluding hydrogens is 262 g/mol. The van der Waals surface area contributed by atoms with E-state index in [0.717, 1.165) is 12.6 Å². The quantitative estimate of drug-likeness (QED) is 0.391. The molecule has 7 heteroatoms. The first kappa shape index (κ1) is 14.1. The maximum absolute atomic E-state index is 11.3. The molecule has 1 unspecified atom stereocenters. The van der Waals surface area contributed by atoms with E-state index in [2.05, 4.69) is 4.74 Å². The average molecular weight is 272 g/mol. The highest BCUT2D eigenvalue weighted by molar-refractivity contribution is 6.27. The van der Waals surface area contributed by atoms with Crippen LogP contribution in [0.1, 0.15) is 11.7 Å². The van der Waals surface area contributed by atoms with Gasteiger partial charge in [0.15, 0.2) is 0 Å². The number of hydrogen-bond donors (Lipinski definition) is 1. The van der Waals surface area contributed by atoms with E-state index in [1.807, 2.05) is 0 Å². The van der Waals surface area contributed by atoms with Crippen molar-refractivity contribution in [2.45, 2.75) is 6.10 Å². The van der Waals surface area contributed by atoms with Crippen molar-refractivity contribution in [1.29, 1.82) is 0 Å². The number of non-ortho nitro benzene ring substituents is 1. The Kier molecular flexibility index (Phi) is 4.82. The second-order valence-corrected chi connectivity index (χ2v) is 3.53. The van der Waals surface area contributed by atoms with Crippen LogP contribution in [0.2, 0.25) is 0 Å². The van der Waals surface area contributed by atoms with Gasteiger partial charge < -0.3 is 9.84 Å². The van der Waals surface area contributed by atoms with Gasteiger partial charge in [0.1, 0.15) is 6.10 Å². The maximum Gasteiger partial charge on any atom is 0.337 e. The van der Waals surface area contributed by atoms with Crippen molar-refractivity contribution < 1.29 is 19.6 Å². The van der Waals surface area contributed by atoms with Crippen LogP contribution in [-0.2, 0) is 9.53 Å². The summed E-state index contributed by atoms with van der Waals surface area (Å²) in [6, 6.07) is 5.13. The van der Waals surface area contributed by atoms with Crippen LogP contribution in [0.4, 0.5) is 5.69 Å². The lowest BCUT2D eigenvalue weighted by molar-refractivity contribution is -0.384. The fourth-order valence-electron chi connectivity index (χ4n) is 1.29. The molecule has 1 aromatic carbocycles. The van der Waals surface area contributed by atoms with Gasteiger partial charge in [-0.3, -0.25) is 10.1 Å². The largest absolute Gasteiger partial charge is 0.466 e. The third kappa shape index (κ3) is 3.06. The lowest BCUT2D eigenvalue weighted by Crippen LogP contribution is -2.12. The van der Waals surface area contributed by atoms with Gasteiger partial charge in [0.05, 0.1) is 17.6 Å². The van der Waals surface area contributed by atoms with E-state index in [1.54, 1.807) is 0 Å². The van der Waals surface area contributed by atoms with Gasteiger partial charge >= 0.3 is 5.97 Å². The first-order chi connectivity index (χ1) is 8.51. The highest BCUT2D eigenvalue weighted by Crippen LogP contribution is 2.25. The zero-order chi connectivity index (χ0) is 13.7. The van der Waals surface area contributed by atoms with E-state index in [0.29, 0.717) is 5.56 Å². The molecule has 0 aliphatic rings. The van der Waals surface area contributed by atoms with Crippen LogP contribution in [0.15, 0.2) is 35.4 Å². The zero-order valence-corrected chi connectivity index (χ0v) is 10.1. The summed E-state index contributed by atoms with van der Waals surface area (Å²) in [5.74, 6) is -0.768. The van der Waals surface area contributed by atoms with E-state index in [1.165, 1.54) is 24.3 Å². The highest BCUT2D eigenvalue weighted by Gasteiger charge is 2.21. The Morgan fingerprint density at radius 2 is 2.06 bits per heavy atom. The van der Waals surface area contributed by atoms with E-state index in [9.17, 15) is 20.0 Å². The second-order valence-electron chi connectivity index (χ2n) is 3.31. The molecule has 0 aliphatic heterocycles. The van der Waals surface area contributed by atoms with Gasteiger partial charge in [0.25, 0.3) is 5.69 Å². The minimum absolute atomic E-state index is 0.111. The summed E-state index contributed by atoms with van der Waals surface area (Å²) in [6.45, 7) is 0. The lowest BCUT2D eigenvalue weighted by atomic mass is 10.0. The summed E-state index contributed by atoms with van der Waals surface area (Å²) in [5, 5.41) is 20.4. The number of rotatable bonds is 4. The Balaban J connectivity index is 2.99. The van der Waals surface area contributed by atoms with E-state index in [-0.39, 0.29) is 11.3 Å². The number of benzene rings is 1. The Bertz CT molecular complexity index is 483. The molecule has 96 valence electrons. The Morgan fingerprint density at radius 1 is 1.50 bits per heavy atom. The first-order valence-electron chi connectivity index (χ1n) is 4.82. The number of hydrogen-bond acceptors (Lipinski definition) is 5. The van der Waals surface area contributed by atoms with Crippen molar-refractivity contribution >= 4 is 23.3 Å². The van der Waals surface area contributed by atoms with Crippen molar-refractivity contribution in [2.24, 2.45) is 0 Å². The molecule has 6 nitrogen and oxygen atoms in total. The Morgan fingerprint density at radius 3 is 2.44 bits per heavy atom. The van der Waals surface area contributed by atoms with Crippen LogP contribution in [0.25, 0.3) is 0 Å². The molecule has 1 aromatic rings. The fourth-order valence-corrected chi connectivity index (χ4v) is 1.50. The number of carbonyl (C=O) groups excluding carboxylic acids is 1. The maximum atomic E-state index is 11.3. The molecule has 0 saturated heterocycles. The van der Waals surface area contributed by atoms with Gasteiger partial charge in [-0.1, -0.05) is 11.6 Å². The molecule has 0 aliphatic carbocycles. The SMILES string of the molecule is COC(=O)/C(=C\Cl)C(O)c1ccc([N+](=O)[O-])cc1. The predicted molar refractivity (Wildman–Crippen MR) is 64.0 cm³/mol. The summed E-state index contributed by atoms with van der Waals surface area (Å²) in [6.07, 6.45) is -1.30. The molecule has 1 atom stereocenters. The Labute approximate surface area is 108 Å². The van der Waals surface area contributed by atoms with Gasteiger partial charge in [0.2, 0.25) is 0 Å². The number of carbonyl (C=O) groups is 1. The van der Waals surface area contributed by atoms with E-state index in [4.69, 9.17) is 11.6 Å². The number of aliphatic hydroxyl groups excluding tert-OH is 1. The second kappa shape index (κ2) is 6.13. The predicted octanol–water partition coefficient (Wildman–Crippen LogP) is 1.92. The van der Waals surface area contributed by atoms with Crippen LogP contribution < -0.4 is 0 Å². The number of esters is 1. The van der Waals surface area contributed by atoms with E-state index < -0.39 is 17.0 Å². The molecule has 0 amide bonds. The summed E-state index contributed by atoms with van der Waals surface area (Å²) in [5.41, 5.74) is 0.962. The smallest absolute Gasteiger partial charge is 0.337 e. The molecule has 0 radical (unpaired) electrons. The number of ether oxygens (including phenoxy) is 1. The average Bonchev–Trinajstić information content (AvgIpc) is 2.39. The van der Waals surface area contributed by atoms with Gasteiger partial charge in [0, 0.05) is 17.7 Å². The molecule has 0 saturated carbocycles. The molecular formula is C11H10ClNO5. The lowest BCUT2D eigenvalue weighted by Gasteiger charge is -2.12. The Hall–Kier alpha value is -1.92. The minimum atomic E-state index is -1.30. The summed E-state index contributed by atoms with van der Waals surface area (Å²) < 4.78 is 4.45. The van der Waals surface area contributed by atoms with E-state index >= 15 is 0 Å². The summed E-state index contributed by atoms with van der Waals surface area (Å²) in [7, 11) is 1.16. The van der Waals surface area contributed by atoms with Crippen LogP contribution in [-0.4, -0.2) is 23.1 Å². The standard InChI is InChI=1S/C11H10ClNO5/c1-18-11(15)9(6-12)10(14)7-2-4-8(5-3-7)13(16)17/h2-6,10,14H,1H3/b9-6-. The normalized spacial score (nSPS) is 12.9. The third-order valence-electron chi connectivity index (χ3n) is 2.25. The molecule has 0 spiro atoms.